The summed E-state index contributed by atoms with van der Waals surface area (Å²) in [6, 6.07) is 0. The van der Waals surface area contributed by atoms with Crippen molar-refractivity contribution >= 4 is 28.0 Å². The number of ketones is 1. The SMILES string of the molecule is CO/N=C(/C(=O)C(C)C)c1csc(N)n1. The summed E-state index contributed by atoms with van der Waals surface area (Å²) in [6.45, 7) is 3.59. The average molecular weight is 227 g/mol. The minimum atomic E-state index is -0.151. The molecule has 6 heteroatoms. The fraction of sp³-hybridized carbons (Fsp3) is 0.444. The number of nitrogens with two attached hydrogens (primary N) is 1. The highest BCUT2D eigenvalue weighted by Crippen LogP contribution is 2.14. The first-order valence-electron chi connectivity index (χ1n) is 4.43. The maximum atomic E-state index is 11.8. The van der Waals surface area contributed by atoms with Crippen LogP contribution in [-0.4, -0.2) is 23.6 Å². The molecule has 2 N–H and O–H groups in total. The van der Waals surface area contributed by atoms with Crippen molar-refractivity contribution in [1.29, 1.82) is 0 Å². The fourth-order valence-corrected chi connectivity index (χ4v) is 1.53. The standard InChI is InChI=1S/C9H13N3O2S/c1-5(2)8(13)7(12-14-3)6-4-15-9(10)11-6/h4-5H,1-3H3,(H2,10,11)/b12-7+. The molecule has 0 saturated heterocycles. The Morgan fingerprint density at radius 3 is 2.73 bits per heavy atom. The molecule has 0 bridgehead atoms. The Balaban J connectivity index is 3.04. The minimum absolute atomic E-state index is 0.109. The summed E-state index contributed by atoms with van der Waals surface area (Å²) < 4.78 is 0. The Labute approximate surface area is 91.9 Å². The largest absolute Gasteiger partial charge is 0.398 e. The van der Waals surface area contributed by atoms with Gasteiger partial charge in [0.15, 0.2) is 16.6 Å². The number of aromatic nitrogens is 1. The molecule has 0 aliphatic heterocycles. The van der Waals surface area contributed by atoms with Crippen LogP contribution in [0.1, 0.15) is 19.5 Å². The van der Waals surface area contributed by atoms with Crippen molar-refractivity contribution in [3.63, 3.8) is 0 Å². The normalized spacial score (nSPS) is 11.9. The number of nitrogens with zero attached hydrogens (tertiary/aromatic N) is 2. The van der Waals surface area contributed by atoms with Gasteiger partial charge in [-0.3, -0.25) is 4.79 Å². The number of Topliss-reactive ketones (excluding diaryl/α,β-unsaturated/α-hetero) is 1. The van der Waals surface area contributed by atoms with Gasteiger partial charge in [0.05, 0.1) is 0 Å². The summed E-state index contributed by atoms with van der Waals surface area (Å²) in [5.74, 6) is -0.260. The molecule has 0 aliphatic carbocycles. The zero-order valence-corrected chi connectivity index (χ0v) is 9.67. The van der Waals surface area contributed by atoms with Crippen LogP contribution in [0.4, 0.5) is 5.13 Å². The second kappa shape index (κ2) is 4.88. The summed E-state index contributed by atoms with van der Waals surface area (Å²) in [7, 11) is 1.39. The molecular formula is C9H13N3O2S. The van der Waals surface area contributed by atoms with Crippen LogP contribution in [0.25, 0.3) is 0 Å². The van der Waals surface area contributed by atoms with Crippen LogP contribution >= 0.6 is 11.3 Å². The van der Waals surface area contributed by atoms with Gasteiger partial charge in [0.2, 0.25) is 0 Å². The van der Waals surface area contributed by atoms with E-state index in [1.165, 1.54) is 18.4 Å². The van der Waals surface area contributed by atoms with E-state index >= 15 is 0 Å². The lowest BCUT2D eigenvalue weighted by Crippen LogP contribution is -2.21. The summed E-state index contributed by atoms with van der Waals surface area (Å²) in [4.78, 5) is 20.4. The van der Waals surface area contributed by atoms with E-state index in [2.05, 4.69) is 15.0 Å². The zero-order chi connectivity index (χ0) is 11.4. The predicted octanol–water partition coefficient (Wildman–Crippen LogP) is 1.30. The van der Waals surface area contributed by atoms with Crippen molar-refractivity contribution in [2.24, 2.45) is 11.1 Å². The molecule has 1 heterocycles. The van der Waals surface area contributed by atoms with Crippen molar-refractivity contribution in [2.45, 2.75) is 13.8 Å². The number of oxime groups is 1. The predicted molar refractivity (Wildman–Crippen MR) is 59.9 cm³/mol. The van der Waals surface area contributed by atoms with E-state index in [-0.39, 0.29) is 17.4 Å². The number of carbonyl (C=O) groups is 1. The second-order valence-corrected chi connectivity index (χ2v) is 4.10. The van der Waals surface area contributed by atoms with Gasteiger partial charge < -0.3 is 10.6 Å². The minimum Gasteiger partial charge on any atom is -0.398 e. The third-order valence-corrected chi connectivity index (χ3v) is 2.38. The van der Waals surface area contributed by atoms with E-state index < -0.39 is 0 Å². The van der Waals surface area contributed by atoms with Gasteiger partial charge in [0.25, 0.3) is 0 Å². The molecule has 0 atom stereocenters. The smallest absolute Gasteiger partial charge is 0.189 e. The summed E-state index contributed by atoms with van der Waals surface area (Å²) in [5.41, 5.74) is 6.18. The average Bonchev–Trinajstić information content (AvgIpc) is 2.60. The van der Waals surface area contributed by atoms with Crippen LogP contribution in [0.5, 0.6) is 0 Å². The van der Waals surface area contributed by atoms with Gasteiger partial charge in [-0.2, -0.15) is 0 Å². The lowest BCUT2D eigenvalue weighted by atomic mass is 10.0. The maximum absolute atomic E-state index is 11.8. The molecule has 1 aromatic rings. The summed E-state index contributed by atoms with van der Waals surface area (Å²) in [6.07, 6.45) is 0. The Hall–Kier alpha value is -1.43. The number of anilines is 1. The van der Waals surface area contributed by atoms with Gasteiger partial charge in [-0.15, -0.1) is 11.3 Å². The van der Waals surface area contributed by atoms with E-state index in [4.69, 9.17) is 5.73 Å². The van der Waals surface area contributed by atoms with Crippen LogP contribution in [0.3, 0.4) is 0 Å². The highest BCUT2D eigenvalue weighted by Gasteiger charge is 2.20. The molecule has 0 unspecified atom stereocenters. The monoisotopic (exact) mass is 227 g/mol. The molecule has 1 aromatic heterocycles. The topological polar surface area (TPSA) is 77.6 Å². The van der Waals surface area contributed by atoms with Gasteiger partial charge in [-0.1, -0.05) is 19.0 Å². The van der Waals surface area contributed by atoms with Gasteiger partial charge in [0.1, 0.15) is 12.8 Å². The lowest BCUT2D eigenvalue weighted by molar-refractivity contribution is -0.115. The molecular weight excluding hydrogens is 214 g/mol. The molecule has 0 fully saturated rings. The van der Waals surface area contributed by atoms with Crippen LogP contribution in [-0.2, 0) is 9.63 Å². The van der Waals surface area contributed by atoms with E-state index in [0.717, 1.165) is 0 Å². The van der Waals surface area contributed by atoms with E-state index in [9.17, 15) is 4.79 Å². The molecule has 5 nitrogen and oxygen atoms in total. The van der Waals surface area contributed by atoms with Gasteiger partial charge in [-0.05, 0) is 0 Å². The third kappa shape index (κ3) is 2.76. The fourth-order valence-electron chi connectivity index (χ4n) is 0.979. The quantitative estimate of drug-likeness (QED) is 0.621. The molecule has 0 radical (unpaired) electrons. The zero-order valence-electron chi connectivity index (χ0n) is 8.85. The van der Waals surface area contributed by atoms with Crippen molar-refractivity contribution in [1.82, 2.24) is 4.98 Å². The first-order valence-corrected chi connectivity index (χ1v) is 5.31. The van der Waals surface area contributed by atoms with Crippen molar-refractivity contribution in [2.75, 3.05) is 12.8 Å². The van der Waals surface area contributed by atoms with Crippen molar-refractivity contribution < 1.29 is 9.63 Å². The number of hydrogen-bond acceptors (Lipinski definition) is 6. The Bertz CT molecular complexity index is 384. The van der Waals surface area contributed by atoms with E-state index in [1.54, 1.807) is 19.2 Å². The second-order valence-electron chi connectivity index (χ2n) is 3.21. The van der Waals surface area contributed by atoms with Crippen LogP contribution in [0, 0.1) is 5.92 Å². The van der Waals surface area contributed by atoms with Crippen molar-refractivity contribution in [3.05, 3.63) is 11.1 Å². The molecule has 0 saturated carbocycles. The van der Waals surface area contributed by atoms with E-state index in [1.807, 2.05) is 0 Å². The van der Waals surface area contributed by atoms with Crippen LogP contribution in [0.15, 0.2) is 10.5 Å². The maximum Gasteiger partial charge on any atom is 0.189 e. The van der Waals surface area contributed by atoms with Crippen molar-refractivity contribution in [3.8, 4) is 0 Å². The van der Waals surface area contributed by atoms with E-state index in [0.29, 0.717) is 10.8 Å². The Morgan fingerprint density at radius 2 is 2.33 bits per heavy atom. The number of carbonyl (C=O) groups excluding carboxylic acids is 1. The molecule has 15 heavy (non-hydrogen) atoms. The van der Waals surface area contributed by atoms with Gasteiger partial charge >= 0.3 is 0 Å². The number of nitrogen functional groups attached to an aromatic ring is 1. The summed E-state index contributed by atoms with van der Waals surface area (Å²) in [5, 5.41) is 5.78. The Morgan fingerprint density at radius 1 is 1.67 bits per heavy atom. The van der Waals surface area contributed by atoms with Crippen LogP contribution < -0.4 is 5.73 Å². The molecule has 82 valence electrons. The molecule has 0 spiro atoms. The number of rotatable bonds is 4. The molecule has 0 aromatic carbocycles. The molecule has 0 aliphatic rings. The first kappa shape index (κ1) is 11.6. The molecule has 1 rings (SSSR count). The number of thiazole rings is 1. The Kier molecular flexibility index (Phi) is 3.79. The third-order valence-electron chi connectivity index (χ3n) is 1.70. The van der Waals surface area contributed by atoms with Crippen LogP contribution in [0.2, 0.25) is 0 Å². The summed E-state index contributed by atoms with van der Waals surface area (Å²) >= 11 is 1.27. The van der Waals surface area contributed by atoms with Gasteiger partial charge in [-0.25, -0.2) is 4.98 Å². The van der Waals surface area contributed by atoms with Gasteiger partial charge in [0, 0.05) is 11.3 Å². The highest BCUT2D eigenvalue weighted by molar-refractivity contribution is 7.13. The first-order chi connectivity index (χ1) is 7.06. The molecule has 0 amide bonds. The lowest BCUT2D eigenvalue weighted by Gasteiger charge is -2.04. The number of hydrogen-bond donors (Lipinski definition) is 1. The highest BCUT2D eigenvalue weighted by atomic mass is 32.1.